The summed E-state index contributed by atoms with van der Waals surface area (Å²) in [6, 6.07) is -0.266. The first kappa shape index (κ1) is 11.5. The highest BCUT2D eigenvalue weighted by Crippen LogP contribution is 2.08. The van der Waals surface area contributed by atoms with E-state index in [0.717, 1.165) is 19.4 Å². The first-order valence-corrected chi connectivity index (χ1v) is 4.82. The lowest BCUT2D eigenvalue weighted by Crippen LogP contribution is -2.45. The van der Waals surface area contributed by atoms with Gasteiger partial charge in [0.25, 0.3) is 0 Å². The van der Waals surface area contributed by atoms with Crippen LogP contribution in [0.2, 0.25) is 0 Å². The molecule has 0 aromatic rings. The van der Waals surface area contributed by atoms with E-state index < -0.39 is 5.97 Å². The van der Waals surface area contributed by atoms with E-state index in [2.05, 4.69) is 11.2 Å². The Bertz CT molecular complexity index is 290. The highest BCUT2D eigenvalue weighted by molar-refractivity contribution is 5.85. The van der Waals surface area contributed by atoms with Crippen molar-refractivity contribution in [3.05, 3.63) is 0 Å². The Hall–Kier alpha value is -1.54. The summed E-state index contributed by atoms with van der Waals surface area (Å²) in [6.45, 7) is 0.512. The number of nitrogens with one attached hydrogen (secondary N) is 1. The lowest BCUT2D eigenvalue weighted by Gasteiger charge is -2.21. The molecule has 1 aliphatic rings. The summed E-state index contributed by atoms with van der Waals surface area (Å²) in [4.78, 5) is 23.5. The minimum absolute atomic E-state index is 0.0450. The van der Waals surface area contributed by atoms with Crippen LogP contribution in [0.4, 0.5) is 0 Å². The van der Waals surface area contributed by atoms with E-state index in [1.807, 2.05) is 0 Å². The van der Waals surface area contributed by atoms with Crippen molar-refractivity contribution in [2.45, 2.75) is 18.9 Å². The Morgan fingerprint density at radius 1 is 1.60 bits per heavy atom. The van der Waals surface area contributed by atoms with E-state index in [9.17, 15) is 9.59 Å². The zero-order valence-electron chi connectivity index (χ0n) is 8.40. The molecule has 1 saturated heterocycles. The molecule has 1 heterocycles. The van der Waals surface area contributed by atoms with Crippen molar-refractivity contribution in [3.63, 3.8) is 0 Å². The van der Waals surface area contributed by atoms with Gasteiger partial charge in [0, 0.05) is 0 Å². The molecule has 1 atom stereocenters. The maximum absolute atomic E-state index is 11.8. The van der Waals surface area contributed by atoms with Crippen molar-refractivity contribution < 1.29 is 14.7 Å². The van der Waals surface area contributed by atoms with Crippen molar-refractivity contribution in [1.82, 2.24) is 10.2 Å². The number of carboxylic acids is 1. The fourth-order valence-electron chi connectivity index (χ4n) is 1.60. The molecule has 0 aliphatic carbocycles. The quantitative estimate of drug-likeness (QED) is 0.601. The standard InChI is InChI=1S/C10H14N2O3/c1-2-6-12(7-9(13)14)10(15)8-4-3-5-11-8/h1,8,11H,3-7H2,(H,13,14)/t8-/m0/s1. The average Bonchev–Trinajstić information content (AvgIpc) is 2.68. The van der Waals surface area contributed by atoms with Crippen LogP contribution in [0.5, 0.6) is 0 Å². The Labute approximate surface area is 88.4 Å². The molecule has 0 spiro atoms. The van der Waals surface area contributed by atoms with Gasteiger partial charge in [0.1, 0.15) is 6.54 Å². The van der Waals surface area contributed by atoms with Crippen LogP contribution < -0.4 is 5.32 Å². The van der Waals surface area contributed by atoms with Crippen LogP contribution >= 0.6 is 0 Å². The van der Waals surface area contributed by atoms with Crippen LogP contribution in [-0.4, -0.2) is 47.6 Å². The number of nitrogens with zero attached hydrogens (tertiary/aromatic N) is 1. The number of hydrogen-bond acceptors (Lipinski definition) is 3. The summed E-state index contributed by atoms with van der Waals surface area (Å²) in [7, 11) is 0. The van der Waals surface area contributed by atoms with Gasteiger partial charge in [0.15, 0.2) is 0 Å². The monoisotopic (exact) mass is 210 g/mol. The van der Waals surface area contributed by atoms with Gasteiger partial charge in [-0.15, -0.1) is 6.42 Å². The molecule has 1 aliphatic heterocycles. The number of carbonyl (C=O) groups excluding carboxylic acids is 1. The van der Waals surface area contributed by atoms with Crippen molar-refractivity contribution >= 4 is 11.9 Å². The second kappa shape index (κ2) is 5.37. The van der Waals surface area contributed by atoms with Crippen molar-refractivity contribution in [1.29, 1.82) is 0 Å². The molecule has 5 heteroatoms. The molecular weight excluding hydrogens is 196 g/mol. The van der Waals surface area contributed by atoms with E-state index in [1.54, 1.807) is 0 Å². The van der Waals surface area contributed by atoms with Crippen LogP contribution in [-0.2, 0) is 9.59 Å². The summed E-state index contributed by atoms with van der Waals surface area (Å²) in [5, 5.41) is 11.6. The zero-order chi connectivity index (χ0) is 11.3. The molecule has 1 rings (SSSR count). The van der Waals surface area contributed by atoms with Gasteiger partial charge in [0.05, 0.1) is 12.6 Å². The van der Waals surface area contributed by atoms with Gasteiger partial charge in [-0.3, -0.25) is 9.59 Å². The third-order valence-corrected chi connectivity index (χ3v) is 2.28. The predicted octanol–water partition coefficient (Wildman–Crippen LogP) is -0.715. The normalized spacial score (nSPS) is 19.5. The SMILES string of the molecule is C#CCN(CC(=O)O)C(=O)[C@@H]1CCCN1. The van der Waals surface area contributed by atoms with E-state index in [0.29, 0.717) is 0 Å². The summed E-state index contributed by atoms with van der Waals surface area (Å²) in [5.41, 5.74) is 0. The summed E-state index contributed by atoms with van der Waals surface area (Å²) in [6.07, 6.45) is 6.77. The van der Waals surface area contributed by atoms with Crippen LogP contribution in [0.15, 0.2) is 0 Å². The maximum atomic E-state index is 11.8. The molecule has 1 amide bonds. The van der Waals surface area contributed by atoms with Crippen LogP contribution in [0.3, 0.4) is 0 Å². The lowest BCUT2D eigenvalue weighted by molar-refractivity contribution is -0.144. The van der Waals surface area contributed by atoms with E-state index >= 15 is 0 Å². The molecule has 82 valence electrons. The van der Waals surface area contributed by atoms with Crippen LogP contribution in [0, 0.1) is 12.3 Å². The van der Waals surface area contributed by atoms with Crippen molar-refractivity contribution in [3.8, 4) is 12.3 Å². The first-order valence-electron chi connectivity index (χ1n) is 4.82. The molecular formula is C10H14N2O3. The van der Waals surface area contributed by atoms with E-state index in [4.69, 9.17) is 11.5 Å². The third kappa shape index (κ3) is 3.26. The maximum Gasteiger partial charge on any atom is 0.323 e. The highest BCUT2D eigenvalue weighted by atomic mass is 16.4. The number of carbonyl (C=O) groups is 2. The number of amides is 1. The topological polar surface area (TPSA) is 69.6 Å². The minimum Gasteiger partial charge on any atom is -0.480 e. The van der Waals surface area contributed by atoms with Gasteiger partial charge in [0.2, 0.25) is 5.91 Å². The molecule has 0 radical (unpaired) electrons. The summed E-state index contributed by atoms with van der Waals surface area (Å²) >= 11 is 0. The van der Waals surface area contributed by atoms with E-state index in [1.165, 1.54) is 4.90 Å². The van der Waals surface area contributed by atoms with Crippen LogP contribution in [0.1, 0.15) is 12.8 Å². The first-order chi connectivity index (χ1) is 7.15. The molecule has 15 heavy (non-hydrogen) atoms. The molecule has 0 bridgehead atoms. The lowest BCUT2D eigenvalue weighted by atomic mass is 10.2. The van der Waals surface area contributed by atoms with Crippen molar-refractivity contribution in [2.24, 2.45) is 0 Å². The van der Waals surface area contributed by atoms with Gasteiger partial charge in [-0.2, -0.15) is 0 Å². The number of rotatable bonds is 4. The smallest absolute Gasteiger partial charge is 0.323 e. The summed E-state index contributed by atoms with van der Waals surface area (Å²) in [5.74, 6) is 1.03. The molecule has 0 aromatic carbocycles. The number of carboxylic acid groups (broad SMARTS) is 1. The fraction of sp³-hybridized carbons (Fsp3) is 0.600. The Morgan fingerprint density at radius 3 is 2.80 bits per heavy atom. The average molecular weight is 210 g/mol. The third-order valence-electron chi connectivity index (χ3n) is 2.28. The number of aliphatic carboxylic acids is 1. The fourth-order valence-corrected chi connectivity index (χ4v) is 1.60. The largest absolute Gasteiger partial charge is 0.480 e. The van der Waals surface area contributed by atoms with Gasteiger partial charge in [-0.25, -0.2) is 0 Å². The highest BCUT2D eigenvalue weighted by Gasteiger charge is 2.27. The Kier molecular flexibility index (Phi) is 4.13. The van der Waals surface area contributed by atoms with Crippen molar-refractivity contribution in [2.75, 3.05) is 19.6 Å². The molecule has 2 N–H and O–H groups in total. The van der Waals surface area contributed by atoms with Crippen LogP contribution in [0.25, 0.3) is 0 Å². The van der Waals surface area contributed by atoms with Gasteiger partial charge < -0.3 is 15.3 Å². The minimum atomic E-state index is -1.04. The Balaban J connectivity index is 2.57. The second-order valence-corrected chi connectivity index (χ2v) is 3.44. The number of terminal acetylenes is 1. The molecule has 1 fully saturated rings. The molecule has 0 unspecified atom stereocenters. The number of hydrogen-bond donors (Lipinski definition) is 2. The van der Waals surface area contributed by atoms with Gasteiger partial charge >= 0.3 is 5.97 Å². The van der Waals surface area contributed by atoms with E-state index in [-0.39, 0.29) is 25.0 Å². The predicted molar refractivity (Wildman–Crippen MR) is 54.1 cm³/mol. The summed E-state index contributed by atoms with van der Waals surface area (Å²) < 4.78 is 0. The molecule has 0 saturated carbocycles. The molecule has 0 aromatic heterocycles. The zero-order valence-corrected chi connectivity index (χ0v) is 8.40. The van der Waals surface area contributed by atoms with Gasteiger partial charge in [-0.1, -0.05) is 5.92 Å². The second-order valence-electron chi connectivity index (χ2n) is 3.44. The Morgan fingerprint density at radius 2 is 2.33 bits per heavy atom. The molecule has 5 nitrogen and oxygen atoms in total. The van der Waals surface area contributed by atoms with Gasteiger partial charge in [-0.05, 0) is 19.4 Å².